The molecular weight excluding hydrogens is 312 g/mol. The molecule has 4 N–H and O–H groups in total. The van der Waals surface area contributed by atoms with E-state index in [9.17, 15) is 19.2 Å². The first-order chi connectivity index (χ1) is 11.4. The molecular formula is C16H18N4O4. The van der Waals surface area contributed by atoms with Gasteiger partial charge in [-0.2, -0.15) is 0 Å². The molecule has 0 radical (unpaired) electrons. The summed E-state index contributed by atoms with van der Waals surface area (Å²) in [7, 11) is 0. The van der Waals surface area contributed by atoms with Crippen molar-refractivity contribution in [2.24, 2.45) is 5.73 Å². The van der Waals surface area contributed by atoms with E-state index in [2.05, 4.69) is 10.3 Å². The van der Waals surface area contributed by atoms with E-state index in [0.717, 1.165) is 10.1 Å². The molecule has 1 aromatic carbocycles. The van der Waals surface area contributed by atoms with E-state index in [1.54, 1.807) is 0 Å². The molecule has 0 aliphatic heterocycles. The zero-order valence-corrected chi connectivity index (χ0v) is 13.1. The summed E-state index contributed by atoms with van der Waals surface area (Å²) in [6.07, 6.45) is 1.54. The van der Waals surface area contributed by atoms with Crippen LogP contribution in [0.3, 0.4) is 0 Å². The van der Waals surface area contributed by atoms with Gasteiger partial charge in [0.2, 0.25) is 11.8 Å². The molecule has 0 aliphatic carbocycles. The third kappa shape index (κ3) is 4.42. The molecule has 2 aromatic rings. The number of H-pyrrole nitrogens is 1. The smallest absolute Gasteiger partial charge is 0.328 e. The first-order valence-corrected chi connectivity index (χ1v) is 7.30. The molecule has 2 amide bonds. The van der Waals surface area contributed by atoms with Crippen LogP contribution in [0.2, 0.25) is 0 Å². The number of hydrogen-bond acceptors (Lipinski definition) is 4. The molecule has 0 bridgehead atoms. The van der Waals surface area contributed by atoms with Crippen molar-refractivity contribution >= 4 is 11.8 Å². The Morgan fingerprint density at radius 1 is 1.25 bits per heavy atom. The van der Waals surface area contributed by atoms with Gasteiger partial charge in [-0.25, -0.2) is 4.79 Å². The van der Waals surface area contributed by atoms with Crippen LogP contribution >= 0.6 is 0 Å². The molecule has 0 spiro atoms. The third-order valence-corrected chi connectivity index (χ3v) is 3.46. The van der Waals surface area contributed by atoms with Crippen LogP contribution < -0.4 is 22.3 Å². The number of nitrogens with one attached hydrogen (secondary N) is 2. The fourth-order valence-corrected chi connectivity index (χ4v) is 2.20. The third-order valence-electron chi connectivity index (χ3n) is 3.46. The lowest BCUT2D eigenvalue weighted by Gasteiger charge is -2.16. The van der Waals surface area contributed by atoms with E-state index >= 15 is 0 Å². The van der Waals surface area contributed by atoms with Crippen LogP contribution in [0.15, 0.2) is 46.1 Å². The number of hydrogen-bond donors (Lipinski definition) is 3. The Kier molecular flexibility index (Phi) is 5.31. The van der Waals surface area contributed by atoms with Crippen LogP contribution in [0.1, 0.15) is 11.1 Å². The number of rotatable bonds is 6. The number of carbonyl (C=O) groups is 2. The summed E-state index contributed by atoms with van der Waals surface area (Å²) in [5.74, 6) is -1.22. The van der Waals surface area contributed by atoms with Gasteiger partial charge >= 0.3 is 5.69 Å². The zero-order valence-electron chi connectivity index (χ0n) is 13.1. The van der Waals surface area contributed by atoms with Crippen LogP contribution in [-0.4, -0.2) is 27.4 Å². The average Bonchev–Trinajstić information content (AvgIpc) is 2.53. The van der Waals surface area contributed by atoms with Crippen molar-refractivity contribution < 1.29 is 9.59 Å². The van der Waals surface area contributed by atoms with E-state index < -0.39 is 29.1 Å². The Morgan fingerprint density at radius 2 is 1.92 bits per heavy atom. The summed E-state index contributed by atoms with van der Waals surface area (Å²) < 4.78 is 1.06. The maximum absolute atomic E-state index is 12.1. The zero-order chi connectivity index (χ0) is 17.7. The highest BCUT2D eigenvalue weighted by Gasteiger charge is 2.19. The number of nitrogens with two attached hydrogens (primary N) is 1. The van der Waals surface area contributed by atoms with Gasteiger partial charge in [-0.3, -0.25) is 23.9 Å². The molecule has 0 saturated carbocycles. The molecule has 1 unspecified atom stereocenters. The Hall–Kier alpha value is -3.16. The van der Waals surface area contributed by atoms with Crippen molar-refractivity contribution in [3.63, 3.8) is 0 Å². The summed E-state index contributed by atoms with van der Waals surface area (Å²) in [6.45, 7) is 1.20. The lowest BCUT2D eigenvalue weighted by Crippen LogP contribution is -2.47. The number of amides is 2. The van der Waals surface area contributed by atoms with Crippen molar-refractivity contribution in [2.75, 3.05) is 0 Å². The summed E-state index contributed by atoms with van der Waals surface area (Å²) in [6, 6.07) is 8.22. The summed E-state index contributed by atoms with van der Waals surface area (Å²) in [5, 5.41) is 2.51. The monoisotopic (exact) mass is 330 g/mol. The van der Waals surface area contributed by atoms with E-state index in [1.807, 2.05) is 30.3 Å². The lowest BCUT2D eigenvalue weighted by molar-refractivity contribution is -0.127. The largest absolute Gasteiger partial charge is 0.368 e. The number of primary amides is 1. The van der Waals surface area contributed by atoms with Gasteiger partial charge in [-0.15, -0.1) is 0 Å². The van der Waals surface area contributed by atoms with Crippen molar-refractivity contribution in [1.29, 1.82) is 0 Å². The normalized spacial score (nSPS) is 11.7. The average molecular weight is 330 g/mol. The second-order valence-electron chi connectivity index (χ2n) is 5.41. The predicted octanol–water partition coefficient (Wildman–Crippen LogP) is -0.942. The van der Waals surface area contributed by atoms with E-state index in [-0.39, 0.29) is 13.0 Å². The fraction of sp³-hybridized carbons (Fsp3) is 0.250. The maximum Gasteiger partial charge on any atom is 0.328 e. The van der Waals surface area contributed by atoms with Crippen molar-refractivity contribution in [1.82, 2.24) is 14.9 Å². The summed E-state index contributed by atoms with van der Waals surface area (Å²) >= 11 is 0. The van der Waals surface area contributed by atoms with E-state index in [0.29, 0.717) is 5.56 Å². The fourth-order valence-electron chi connectivity index (χ4n) is 2.20. The highest BCUT2D eigenvalue weighted by molar-refractivity contribution is 5.86. The second kappa shape index (κ2) is 7.40. The number of carbonyl (C=O) groups excluding carboxylic acids is 2. The van der Waals surface area contributed by atoms with E-state index in [1.165, 1.54) is 13.1 Å². The minimum Gasteiger partial charge on any atom is -0.368 e. The number of aryl methyl sites for hydroxylation is 1. The number of aromatic amines is 1. The van der Waals surface area contributed by atoms with Gasteiger partial charge in [0, 0.05) is 18.2 Å². The Labute approximate surface area is 137 Å². The highest BCUT2D eigenvalue weighted by Crippen LogP contribution is 2.03. The quantitative estimate of drug-likeness (QED) is 0.631. The molecule has 8 nitrogen and oxygen atoms in total. The van der Waals surface area contributed by atoms with Crippen molar-refractivity contribution in [3.8, 4) is 0 Å². The van der Waals surface area contributed by atoms with Gasteiger partial charge < -0.3 is 11.1 Å². The molecule has 0 aliphatic rings. The summed E-state index contributed by atoms with van der Waals surface area (Å²) in [5.41, 5.74) is 5.28. The van der Waals surface area contributed by atoms with Crippen molar-refractivity contribution in [2.45, 2.75) is 25.9 Å². The number of nitrogens with zero attached hydrogens (tertiary/aromatic N) is 1. The molecule has 1 aromatic heterocycles. The number of aromatic nitrogens is 2. The molecule has 0 fully saturated rings. The van der Waals surface area contributed by atoms with Gasteiger partial charge in [-0.1, -0.05) is 30.3 Å². The second-order valence-corrected chi connectivity index (χ2v) is 5.41. The molecule has 24 heavy (non-hydrogen) atoms. The van der Waals surface area contributed by atoms with Crippen LogP contribution in [0.4, 0.5) is 0 Å². The van der Waals surface area contributed by atoms with Crippen LogP contribution in [0, 0.1) is 6.92 Å². The molecule has 1 heterocycles. The maximum atomic E-state index is 12.1. The standard InChI is InChI=1S/C16H18N4O4/c1-10-8-20(16(24)19-15(10)23)9-13(21)18-12(14(17)22)7-11-5-3-2-4-6-11/h2-6,8,12H,7,9H2,1H3,(H2,17,22)(H,18,21)(H,19,23,24). The molecule has 0 saturated heterocycles. The first-order valence-electron chi connectivity index (χ1n) is 7.30. The van der Waals surface area contributed by atoms with Gasteiger partial charge in [0.05, 0.1) is 0 Å². The van der Waals surface area contributed by atoms with Gasteiger partial charge in [-0.05, 0) is 12.5 Å². The van der Waals surface area contributed by atoms with Crippen molar-refractivity contribution in [3.05, 3.63) is 68.5 Å². The van der Waals surface area contributed by atoms with Gasteiger partial charge in [0.25, 0.3) is 5.56 Å². The highest BCUT2D eigenvalue weighted by atomic mass is 16.2. The molecule has 1 atom stereocenters. The minimum atomic E-state index is -0.889. The predicted molar refractivity (Wildman–Crippen MR) is 87.3 cm³/mol. The number of benzene rings is 1. The van der Waals surface area contributed by atoms with E-state index in [4.69, 9.17) is 5.73 Å². The van der Waals surface area contributed by atoms with Crippen LogP contribution in [-0.2, 0) is 22.6 Å². The first kappa shape index (κ1) is 17.2. The van der Waals surface area contributed by atoms with Crippen LogP contribution in [0.5, 0.6) is 0 Å². The Morgan fingerprint density at radius 3 is 2.54 bits per heavy atom. The molecule has 8 heteroatoms. The van der Waals surface area contributed by atoms with Gasteiger partial charge in [0.1, 0.15) is 12.6 Å². The SMILES string of the molecule is Cc1cn(CC(=O)NC(Cc2ccccc2)C(N)=O)c(=O)[nH]c1=O. The van der Waals surface area contributed by atoms with Crippen LogP contribution in [0.25, 0.3) is 0 Å². The van der Waals surface area contributed by atoms with Gasteiger partial charge in [0.15, 0.2) is 0 Å². The lowest BCUT2D eigenvalue weighted by atomic mass is 10.1. The minimum absolute atomic E-state index is 0.251. The Bertz CT molecular complexity index is 854. The summed E-state index contributed by atoms with van der Waals surface area (Å²) in [4.78, 5) is 48.7. The molecule has 2 rings (SSSR count). The Balaban J connectivity index is 2.09. The topological polar surface area (TPSA) is 127 Å². The molecule has 126 valence electrons.